The number of halogens is 2. The van der Waals surface area contributed by atoms with Crippen LogP contribution in [-0.2, 0) is 0 Å². The number of benzene rings is 2. The predicted octanol–water partition coefficient (Wildman–Crippen LogP) is 3.86. The molecule has 0 atom stereocenters. The molecule has 0 aliphatic carbocycles. The maximum absolute atomic E-state index is 12.6. The molecule has 25 heavy (non-hydrogen) atoms. The van der Waals surface area contributed by atoms with E-state index >= 15 is 0 Å². The van der Waals surface area contributed by atoms with Gasteiger partial charge in [-0.25, -0.2) is 0 Å². The van der Waals surface area contributed by atoms with Crippen LogP contribution in [0.2, 0.25) is 10.0 Å². The summed E-state index contributed by atoms with van der Waals surface area (Å²) in [6.45, 7) is 2.19. The average molecular weight is 380 g/mol. The van der Waals surface area contributed by atoms with Crippen LogP contribution in [0.15, 0.2) is 42.5 Å². The Morgan fingerprint density at radius 1 is 1.04 bits per heavy atom. The number of hydrogen-bond donors (Lipinski definition) is 0. The van der Waals surface area contributed by atoms with Crippen molar-refractivity contribution in [3.05, 3.63) is 68.2 Å². The van der Waals surface area contributed by atoms with Crippen molar-refractivity contribution in [2.75, 3.05) is 31.1 Å². The second-order valence-electron chi connectivity index (χ2n) is 5.66. The van der Waals surface area contributed by atoms with Crippen LogP contribution in [0.25, 0.3) is 0 Å². The Kier molecular flexibility index (Phi) is 5.11. The van der Waals surface area contributed by atoms with Crippen molar-refractivity contribution < 1.29 is 9.72 Å². The first-order chi connectivity index (χ1) is 12.0. The van der Waals surface area contributed by atoms with Gasteiger partial charge >= 0.3 is 0 Å². The van der Waals surface area contributed by atoms with Crippen LogP contribution >= 0.6 is 23.2 Å². The molecule has 0 saturated carbocycles. The molecule has 3 rings (SSSR count). The first kappa shape index (κ1) is 17.5. The number of nitro benzene ring substituents is 1. The van der Waals surface area contributed by atoms with E-state index in [9.17, 15) is 14.9 Å². The summed E-state index contributed by atoms with van der Waals surface area (Å²) in [5.41, 5.74) is 1.22. The minimum atomic E-state index is -0.412. The van der Waals surface area contributed by atoms with Crippen molar-refractivity contribution in [2.45, 2.75) is 0 Å². The number of carbonyl (C=O) groups is 1. The molecule has 1 fully saturated rings. The van der Waals surface area contributed by atoms with Crippen LogP contribution in [0.4, 0.5) is 11.4 Å². The molecule has 1 aliphatic rings. The van der Waals surface area contributed by atoms with Gasteiger partial charge in [-0.2, -0.15) is 0 Å². The number of nitro groups is 1. The number of nitrogens with zero attached hydrogens (tertiary/aromatic N) is 3. The van der Waals surface area contributed by atoms with Gasteiger partial charge in [0.1, 0.15) is 0 Å². The van der Waals surface area contributed by atoms with Crippen molar-refractivity contribution in [2.24, 2.45) is 0 Å². The van der Waals surface area contributed by atoms with E-state index in [1.165, 1.54) is 6.07 Å². The monoisotopic (exact) mass is 379 g/mol. The molecular formula is C17H15Cl2N3O3. The van der Waals surface area contributed by atoms with Crippen molar-refractivity contribution >= 4 is 40.5 Å². The summed E-state index contributed by atoms with van der Waals surface area (Å²) in [5, 5.41) is 11.5. The summed E-state index contributed by atoms with van der Waals surface area (Å²) >= 11 is 12.1. The molecular weight excluding hydrogens is 365 g/mol. The normalized spacial score (nSPS) is 14.5. The first-order valence-corrected chi connectivity index (χ1v) is 8.45. The molecule has 1 heterocycles. The number of anilines is 1. The second kappa shape index (κ2) is 7.29. The maximum atomic E-state index is 12.6. The third kappa shape index (κ3) is 3.70. The fraction of sp³-hybridized carbons (Fsp3) is 0.235. The lowest BCUT2D eigenvalue weighted by molar-refractivity contribution is -0.384. The van der Waals surface area contributed by atoms with Crippen molar-refractivity contribution in [3.63, 3.8) is 0 Å². The first-order valence-electron chi connectivity index (χ1n) is 7.70. The predicted molar refractivity (Wildman–Crippen MR) is 97.7 cm³/mol. The van der Waals surface area contributed by atoms with Crippen LogP contribution in [0.1, 0.15) is 10.4 Å². The topological polar surface area (TPSA) is 66.7 Å². The van der Waals surface area contributed by atoms with Gasteiger partial charge < -0.3 is 9.80 Å². The average Bonchev–Trinajstić information content (AvgIpc) is 2.63. The zero-order valence-corrected chi connectivity index (χ0v) is 14.7. The van der Waals surface area contributed by atoms with E-state index in [1.807, 2.05) is 11.0 Å². The van der Waals surface area contributed by atoms with E-state index in [2.05, 4.69) is 0 Å². The Balaban J connectivity index is 1.69. The summed E-state index contributed by atoms with van der Waals surface area (Å²) in [7, 11) is 0. The van der Waals surface area contributed by atoms with E-state index in [4.69, 9.17) is 23.2 Å². The Morgan fingerprint density at radius 2 is 1.72 bits per heavy atom. The van der Waals surface area contributed by atoms with Crippen LogP contribution in [0, 0.1) is 10.1 Å². The molecule has 2 aromatic carbocycles. The maximum Gasteiger partial charge on any atom is 0.271 e. The highest BCUT2D eigenvalue weighted by Crippen LogP contribution is 2.27. The van der Waals surface area contributed by atoms with E-state index in [0.717, 1.165) is 5.69 Å². The zero-order valence-electron chi connectivity index (χ0n) is 13.2. The van der Waals surface area contributed by atoms with Crippen molar-refractivity contribution in [1.29, 1.82) is 0 Å². The SMILES string of the molecule is O=C(c1cccc(Cl)c1Cl)N1CCN(c2cccc([N+](=O)[O-])c2)CC1. The largest absolute Gasteiger partial charge is 0.368 e. The molecule has 0 bridgehead atoms. The number of carbonyl (C=O) groups excluding carboxylic acids is 1. The highest BCUT2D eigenvalue weighted by Gasteiger charge is 2.24. The van der Waals surface area contributed by atoms with Crippen LogP contribution in [0.3, 0.4) is 0 Å². The number of rotatable bonds is 3. The molecule has 0 spiro atoms. The molecule has 1 saturated heterocycles. The molecule has 8 heteroatoms. The molecule has 1 amide bonds. The van der Waals surface area contributed by atoms with Gasteiger partial charge in [0.2, 0.25) is 0 Å². The summed E-state index contributed by atoms with van der Waals surface area (Å²) in [6, 6.07) is 11.5. The van der Waals surface area contributed by atoms with Gasteiger partial charge in [-0.3, -0.25) is 14.9 Å². The van der Waals surface area contributed by atoms with Crippen LogP contribution in [0.5, 0.6) is 0 Å². The minimum Gasteiger partial charge on any atom is -0.368 e. The molecule has 0 aromatic heterocycles. The standard InChI is InChI=1S/C17H15Cl2N3O3/c18-15-6-2-5-14(16(15)19)17(23)21-9-7-20(8-10-21)12-3-1-4-13(11-12)22(24)25/h1-6,11H,7-10H2. The van der Waals surface area contributed by atoms with Gasteiger partial charge in [-0.05, 0) is 18.2 Å². The quantitative estimate of drug-likeness (QED) is 0.599. The lowest BCUT2D eigenvalue weighted by Crippen LogP contribution is -2.48. The van der Waals surface area contributed by atoms with Gasteiger partial charge in [0, 0.05) is 44.0 Å². The van der Waals surface area contributed by atoms with Gasteiger partial charge in [0.05, 0.1) is 20.5 Å². The fourth-order valence-corrected chi connectivity index (χ4v) is 3.19. The Bertz CT molecular complexity index is 821. The highest BCUT2D eigenvalue weighted by molar-refractivity contribution is 6.43. The smallest absolute Gasteiger partial charge is 0.271 e. The Morgan fingerprint density at radius 3 is 2.40 bits per heavy atom. The lowest BCUT2D eigenvalue weighted by atomic mass is 10.1. The molecule has 0 N–H and O–H groups in total. The van der Waals surface area contributed by atoms with Gasteiger partial charge in [0.25, 0.3) is 11.6 Å². The third-order valence-electron chi connectivity index (χ3n) is 4.15. The lowest BCUT2D eigenvalue weighted by Gasteiger charge is -2.36. The van der Waals surface area contributed by atoms with Gasteiger partial charge in [-0.15, -0.1) is 0 Å². The zero-order chi connectivity index (χ0) is 18.0. The van der Waals surface area contributed by atoms with E-state index in [1.54, 1.807) is 35.2 Å². The molecule has 0 radical (unpaired) electrons. The van der Waals surface area contributed by atoms with Crippen molar-refractivity contribution in [3.8, 4) is 0 Å². The molecule has 1 aliphatic heterocycles. The molecule has 0 unspecified atom stereocenters. The number of hydrogen-bond acceptors (Lipinski definition) is 4. The molecule has 130 valence electrons. The summed E-state index contributed by atoms with van der Waals surface area (Å²) < 4.78 is 0. The Labute approximate surface area is 154 Å². The number of piperazine rings is 1. The van der Waals surface area contributed by atoms with E-state index in [0.29, 0.717) is 36.8 Å². The Hall–Kier alpha value is -2.31. The number of amides is 1. The number of non-ortho nitro benzene ring substituents is 1. The second-order valence-corrected chi connectivity index (χ2v) is 6.44. The molecule has 6 nitrogen and oxygen atoms in total. The van der Waals surface area contributed by atoms with Crippen molar-refractivity contribution in [1.82, 2.24) is 4.90 Å². The molecule has 2 aromatic rings. The van der Waals surface area contributed by atoms with Crippen LogP contribution in [-0.4, -0.2) is 41.9 Å². The summed E-state index contributed by atoms with van der Waals surface area (Å²) in [4.78, 5) is 26.9. The van der Waals surface area contributed by atoms with Gasteiger partial charge in [-0.1, -0.05) is 35.3 Å². The highest BCUT2D eigenvalue weighted by atomic mass is 35.5. The summed E-state index contributed by atoms with van der Waals surface area (Å²) in [6.07, 6.45) is 0. The van der Waals surface area contributed by atoms with E-state index in [-0.39, 0.29) is 16.6 Å². The van der Waals surface area contributed by atoms with Crippen LogP contribution < -0.4 is 4.90 Å². The fourth-order valence-electron chi connectivity index (χ4n) is 2.81. The third-order valence-corrected chi connectivity index (χ3v) is 4.97. The minimum absolute atomic E-state index is 0.0571. The summed E-state index contributed by atoms with van der Waals surface area (Å²) in [5.74, 6) is -0.161. The van der Waals surface area contributed by atoms with Gasteiger partial charge in [0.15, 0.2) is 0 Å². The van der Waals surface area contributed by atoms with E-state index < -0.39 is 4.92 Å².